The monoisotopic (exact) mass is 352 g/mol. The minimum Gasteiger partial charge on any atom is -0.388 e. The summed E-state index contributed by atoms with van der Waals surface area (Å²) in [6.07, 6.45) is 3.74. The Labute approximate surface area is 147 Å². The van der Waals surface area contributed by atoms with Gasteiger partial charge < -0.3 is 10.0 Å². The van der Waals surface area contributed by atoms with Crippen LogP contribution in [0.1, 0.15) is 31.9 Å². The van der Waals surface area contributed by atoms with Crippen molar-refractivity contribution in [2.45, 2.75) is 26.4 Å². The van der Waals surface area contributed by atoms with Gasteiger partial charge in [-0.25, -0.2) is 0 Å². The summed E-state index contributed by atoms with van der Waals surface area (Å²) in [5, 5.41) is 11.3. The Balaban J connectivity index is 0.000000924. The van der Waals surface area contributed by atoms with Crippen molar-refractivity contribution in [3.63, 3.8) is 0 Å². The first-order chi connectivity index (χ1) is 11.1. The van der Waals surface area contributed by atoms with E-state index in [1.807, 2.05) is 44.2 Å². The quantitative estimate of drug-likeness (QED) is 0.843. The smallest absolute Gasteiger partial charge is 0.0808 e. The molecule has 1 aliphatic heterocycles. The van der Waals surface area contributed by atoms with Gasteiger partial charge in [0, 0.05) is 31.2 Å². The minimum absolute atomic E-state index is 0.445. The lowest BCUT2D eigenvalue weighted by atomic mass is 9.90. The van der Waals surface area contributed by atoms with Gasteiger partial charge >= 0.3 is 0 Å². The molecule has 1 N–H and O–H groups in total. The van der Waals surface area contributed by atoms with Gasteiger partial charge in [-0.15, -0.1) is 0 Å². The van der Waals surface area contributed by atoms with E-state index in [0.29, 0.717) is 16.0 Å². The van der Waals surface area contributed by atoms with Crippen LogP contribution >= 0.6 is 23.2 Å². The summed E-state index contributed by atoms with van der Waals surface area (Å²) in [6, 6.07) is 9.44. The summed E-state index contributed by atoms with van der Waals surface area (Å²) < 4.78 is 0. The van der Waals surface area contributed by atoms with E-state index in [1.165, 1.54) is 0 Å². The van der Waals surface area contributed by atoms with Crippen LogP contribution in [0, 0.1) is 5.92 Å². The first kappa shape index (κ1) is 18.1. The van der Waals surface area contributed by atoms with Crippen LogP contribution in [0.15, 0.2) is 42.7 Å². The molecule has 1 aromatic heterocycles. The van der Waals surface area contributed by atoms with E-state index >= 15 is 0 Å². The van der Waals surface area contributed by atoms with Crippen LogP contribution in [0.5, 0.6) is 0 Å². The van der Waals surface area contributed by atoms with E-state index in [4.69, 9.17) is 23.2 Å². The Bertz CT molecular complexity index is 616. The number of aromatic nitrogens is 1. The Kier molecular flexibility index (Phi) is 6.70. The predicted molar refractivity (Wildman–Crippen MR) is 97.3 cm³/mol. The maximum Gasteiger partial charge on any atom is 0.0808 e. The van der Waals surface area contributed by atoms with Crippen molar-refractivity contribution in [2.24, 2.45) is 5.92 Å². The largest absolute Gasteiger partial charge is 0.388 e. The third kappa shape index (κ3) is 4.60. The highest BCUT2D eigenvalue weighted by Gasteiger charge is 2.29. The molecule has 23 heavy (non-hydrogen) atoms. The molecule has 2 heterocycles. The Morgan fingerprint density at radius 1 is 1.22 bits per heavy atom. The molecule has 0 saturated carbocycles. The van der Waals surface area contributed by atoms with Crippen molar-refractivity contribution in [3.8, 4) is 0 Å². The molecule has 1 aliphatic rings. The molecule has 1 saturated heterocycles. The zero-order valence-corrected chi connectivity index (χ0v) is 14.9. The fourth-order valence-corrected chi connectivity index (χ4v) is 2.93. The van der Waals surface area contributed by atoms with E-state index in [1.54, 1.807) is 12.4 Å². The maximum absolute atomic E-state index is 10.2. The molecule has 1 aromatic carbocycles. The SMILES string of the molecule is CC.OC(CC1CN(c2ccc(Cl)c(Cl)c2)C1)c1cccnc1. The summed E-state index contributed by atoms with van der Waals surface area (Å²) in [5.41, 5.74) is 1.96. The van der Waals surface area contributed by atoms with Crippen LogP contribution in [0.25, 0.3) is 0 Å². The Hall–Kier alpha value is -1.29. The molecule has 0 amide bonds. The van der Waals surface area contributed by atoms with E-state index in [2.05, 4.69) is 9.88 Å². The zero-order chi connectivity index (χ0) is 16.8. The van der Waals surface area contributed by atoms with Crippen LogP contribution < -0.4 is 4.90 Å². The third-order valence-corrected chi connectivity index (χ3v) is 4.59. The van der Waals surface area contributed by atoms with Crippen LogP contribution in [-0.2, 0) is 0 Å². The average Bonchev–Trinajstić information content (AvgIpc) is 2.56. The van der Waals surface area contributed by atoms with Crippen LogP contribution in [-0.4, -0.2) is 23.2 Å². The van der Waals surface area contributed by atoms with E-state index in [0.717, 1.165) is 30.8 Å². The molecular formula is C18H22Cl2N2O. The number of pyridine rings is 1. The van der Waals surface area contributed by atoms with Gasteiger partial charge in [0.25, 0.3) is 0 Å². The van der Waals surface area contributed by atoms with Gasteiger partial charge in [-0.3, -0.25) is 4.98 Å². The number of hydrogen-bond donors (Lipinski definition) is 1. The van der Waals surface area contributed by atoms with Gasteiger partial charge in [0.1, 0.15) is 0 Å². The fraction of sp³-hybridized carbons (Fsp3) is 0.389. The second-order valence-corrected chi connectivity index (χ2v) is 6.22. The second-order valence-electron chi connectivity index (χ2n) is 5.41. The number of rotatable bonds is 4. The van der Waals surface area contributed by atoms with Gasteiger partial charge in [-0.2, -0.15) is 0 Å². The maximum atomic E-state index is 10.2. The molecule has 0 spiro atoms. The predicted octanol–water partition coefficient (Wildman–Crippen LogP) is 4.97. The van der Waals surface area contributed by atoms with Crippen molar-refractivity contribution < 1.29 is 5.11 Å². The van der Waals surface area contributed by atoms with Gasteiger partial charge in [0.05, 0.1) is 16.1 Å². The molecule has 3 nitrogen and oxygen atoms in total. The number of hydrogen-bond acceptors (Lipinski definition) is 3. The topological polar surface area (TPSA) is 36.4 Å². The van der Waals surface area contributed by atoms with Crippen molar-refractivity contribution in [1.82, 2.24) is 4.98 Å². The standard InChI is InChI=1S/C16H16Cl2N2O.C2H6/c17-14-4-3-13(7-15(14)18)20-9-11(10-20)6-16(21)12-2-1-5-19-8-12;1-2/h1-5,7-8,11,16,21H,6,9-10H2;1-2H3. The molecule has 3 rings (SSSR count). The van der Waals surface area contributed by atoms with Crippen molar-refractivity contribution in [3.05, 3.63) is 58.3 Å². The lowest BCUT2D eigenvalue weighted by Gasteiger charge is -2.42. The summed E-state index contributed by atoms with van der Waals surface area (Å²) in [4.78, 5) is 6.28. The fourth-order valence-electron chi connectivity index (χ4n) is 2.64. The number of halogens is 2. The molecule has 1 atom stereocenters. The molecule has 1 fully saturated rings. The molecule has 0 aliphatic carbocycles. The third-order valence-electron chi connectivity index (χ3n) is 3.85. The van der Waals surface area contributed by atoms with Crippen LogP contribution in [0.3, 0.4) is 0 Å². The normalized spacial score (nSPS) is 15.4. The van der Waals surface area contributed by atoms with Gasteiger partial charge in [0.2, 0.25) is 0 Å². The summed E-state index contributed by atoms with van der Waals surface area (Å²) in [6.45, 7) is 5.85. The molecule has 5 heteroatoms. The lowest BCUT2D eigenvalue weighted by molar-refractivity contribution is 0.134. The first-order valence-corrected chi connectivity index (χ1v) is 8.67. The van der Waals surface area contributed by atoms with E-state index in [9.17, 15) is 5.11 Å². The summed E-state index contributed by atoms with van der Waals surface area (Å²) >= 11 is 12.0. The molecule has 2 aromatic rings. The van der Waals surface area contributed by atoms with Crippen LogP contribution in [0.2, 0.25) is 10.0 Å². The Morgan fingerprint density at radius 3 is 2.57 bits per heavy atom. The van der Waals surface area contributed by atoms with Crippen molar-refractivity contribution in [2.75, 3.05) is 18.0 Å². The molecule has 124 valence electrons. The number of anilines is 1. The number of aliphatic hydroxyl groups is 1. The van der Waals surface area contributed by atoms with Gasteiger partial charge in [0.15, 0.2) is 0 Å². The molecule has 0 radical (unpaired) electrons. The van der Waals surface area contributed by atoms with Crippen LogP contribution in [0.4, 0.5) is 5.69 Å². The first-order valence-electron chi connectivity index (χ1n) is 7.91. The number of aliphatic hydroxyl groups excluding tert-OH is 1. The highest BCUT2D eigenvalue weighted by Crippen LogP contribution is 2.33. The lowest BCUT2D eigenvalue weighted by Crippen LogP contribution is -2.47. The Morgan fingerprint density at radius 2 is 1.96 bits per heavy atom. The van der Waals surface area contributed by atoms with Crippen molar-refractivity contribution >= 4 is 28.9 Å². The highest BCUT2D eigenvalue weighted by molar-refractivity contribution is 6.42. The highest BCUT2D eigenvalue weighted by atomic mass is 35.5. The number of nitrogens with zero attached hydrogens (tertiary/aromatic N) is 2. The number of benzene rings is 1. The molecular weight excluding hydrogens is 331 g/mol. The second kappa shape index (κ2) is 8.53. The minimum atomic E-state index is -0.445. The van der Waals surface area contributed by atoms with E-state index in [-0.39, 0.29) is 0 Å². The summed E-state index contributed by atoms with van der Waals surface area (Å²) in [5.74, 6) is 0.481. The van der Waals surface area contributed by atoms with Crippen molar-refractivity contribution in [1.29, 1.82) is 0 Å². The van der Waals surface area contributed by atoms with E-state index < -0.39 is 6.10 Å². The van der Waals surface area contributed by atoms with Gasteiger partial charge in [-0.1, -0.05) is 43.1 Å². The molecule has 0 bridgehead atoms. The summed E-state index contributed by atoms with van der Waals surface area (Å²) in [7, 11) is 0. The average molecular weight is 353 g/mol. The van der Waals surface area contributed by atoms with Gasteiger partial charge in [-0.05, 0) is 42.2 Å². The zero-order valence-electron chi connectivity index (χ0n) is 13.4. The molecule has 1 unspecified atom stereocenters.